The highest BCUT2D eigenvalue weighted by Gasteiger charge is 2.23. The Bertz CT molecular complexity index is 2590. The average Bonchev–Trinajstić information content (AvgIpc) is 3.85. The van der Waals surface area contributed by atoms with E-state index >= 15 is 0 Å². The highest BCUT2D eigenvalue weighted by atomic mass is 15.0. The van der Waals surface area contributed by atoms with Crippen molar-refractivity contribution in [2.75, 3.05) is 0 Å². The van der Waals surface area contributed by atoms with Gasteiger partial charge in [-0.2, -0.15) is 0 Å². The molecule has 7 heteroatoms. The van der Waals surface area contributed by atoms with Gasteiger partial charge in [0.05, 0.1) is 11.0 Å². The Balaban J connectivity index is 1.47. The lowest BCUT2D eigenvalue weighted by molar-refractivity contribution is 1.17. The van der Waals surface area contributed by atoms with Gasteiger partial charge < -0.3 is 9.97 Å². The molecule has 47 heavy (non-hydrogen) atoms. The molecular weight excluding hydrogens is 578 g/mol. The first-order chi connectivity index (χ1) is 23.2. The molecule has 10 rings (SSSR count). The number of H-pyrrole nitrogens is 2. The van der Waals surface area contributed by atoms with Crippen LogP contribution >= 0.6 is 0 Å². The zero-order valence-corrected chi connectivity index (χ0v) is 25.3. The first kappa shape index (κ1) is 25.8. The summed E-state index contributed by atoms with van der Waals surface area (Å²) >= 11 is 0. The zero-order valence-electron chi connectivity index (χ0n) is 25.3. The van der Waals surface area contributed by atoms with E-state index in [1.54, 1.807) is 0 Å². The number of nitrogens with zero attached hydrogens (tertiary/aromatic N) is 5. The smallest absolute Gasteiger partial charge is 0.164 e. The fourth-order valence-electron chi connectivity index (χ4n) is 6.87. The molecule has 0 saturated heterocycles. The van der Waals surface area contributed by atoms with Gasteiger partial charge in [0, 0.05) is 49.4 Å². The second-order valence-corrected chi connectivity index (χ2v) is 12.0. The van der Waals surface area contributed by atoms with Crippen molar-refractivity contribution < 1.29 is 0 Å². The maximum atomic E-state index is 5.20. The number of aryl methyl sites for hydroxylation is 1. The summed E-state index contributed by atoms with van der Waals surface area (Å²) in [5, 5.41) is 4.15. The van der Waals surface area contributed by atoms with E-state index < -0.39 is 0 Å². The van der Waals surface area contributed by atoms with E-state index in [2.05, 4.69) is 89.7 Å². The number of hydrogen-bond acceptors (Lipinski definition) is 5. The summed E-state index contributed by atoms with van der Waals surface area (Å²) in [6.45, 7) is 2.11. The predicted molar refractivity (Wildman–Crippen MR) is 188 cm³/mol. The lowest BCUT2D eigenvalue weighted by Crippen LogP contribution is -1.85. The Labute approximate surface area is 268 Å². The van der Waals surface area contributed by atoms with Crippen LogP contribution in [0.15, 0.2) is 121 Å². The molecule has 220 valence electrons. The van der Waals surface area contributed by atoms with Crippen LogP contribution in [0.5, 0.6) is 0 Å². The fraction of sp³-hybridized carbons (Fsp3) is 0.0250. The van der Waals surface area contributed by atoms with Crippen LogP contribution in [0.1, 0.15) is 5.56 Å². The number of nitrogens with one attached hydrogen (secondary N) is 2. The number of aromatic nitrogens is 7. The van der Waals surface area contributed by atoms with Gasteiger partial charge in [-0.05, 0) is 12.5 Å². The van der Waals surface area contributed by atoms with E-state index in [1.165, 1.54) is 5.56 Å². The Morgan fingerprint density at radius 1 is 0.383 bits per heavy atom. The highest BCUT2D eigenvalue weighted by molar-refractivity contribution is 6.18. The number of rotatable bonds is 1. The SMILES string of the molecule is Cc1ccc(-c2c3[nH]c(nc4nc(nc5nc(nc6[nH]c2c2ccccc62)-c2ccccc2-5)-c2ccccc2-4)c2ccccc32)cc1. The summed E-state index contributed by atoms with van der Waals surface area (Å²) in [5.41, 5.74) is 10.4. The molecule has 3 aromatic heterocycles. The van der Waals surface area contributed by atoms with Gasteiger partial charge in [-0.15, -0.1) is 0 Å². The molecule has 5 aromatic carbocycles. The number of hydrogen-bond donors (Lipinski definition) is 2. The minimum absolute atomic E-state index is 0.580. The van der Waals surface area contributed by atoms with Crippen molar-refractivity contribution in [3.8, 4) is 56.7 Å². The normalized spacial score (nSPS) is 11.9. The first-order valence-corrected chi connectivity index (χ1v) is 15.6. The van der Waals surface area contributed by atoms with Gasteiger partial charge in [0.25, 0.3) is 0 Å². The highest BCUT2D eigenvalue weighted by Crippen LogP contribution is 2.40. The molecule has 0 fully saturated rings. The molecule has 0 atom stereocenters. The molecule has 0 aliphatic carbocycles. The van der Waals surface area contributed by atoms with Crippen LogP contribution in [0.2, 0.25) is 0 Å². The molecule has 0 amide bonds. The summed E-state index contributed by atoms with van der Waals surface area (Å²) < 4.78 is 0. The van der Waals surface area contributed by atoms with Gasteiger partial charge in [0.15, 0.2) is 23.3 Å². The van der Waals surface area contributed by atoms with E-state index in [-0.39, 0.29) is 0 Å². The minimum atomic E-state index is 0.580. The lowest BCUT2D eigenvalue weighted by atomic mass is 10.0. The van der Waals surface area contributed by atoms with Crippen LogP contribution in [-0.2, 0) is 0 Å². The van der Waals surface area contributed by atoms with Crippen LogP contribution in [0.4, 0.5) is 0 Å². The first-order valence-electron chi connectivity index (χ1n) is 15.6. The lowest BCUT2D eigenvalue weighted by Gasteiger charge is -2.05. The van der Waals surface area contributed by atoms with E-state index in [4.69, 9.17) is 24.9 Å². The van der Waals surface area contributed by atoms with E-state index in [0.717, 1.165) is 77.3 Å². The van der Waals surface area contributed by atoms with Crippen molar-refractivity contribution in [1.82, 2.24) is 34.9 Å². The zero-order chi connectivity index (χ0) is 31.1. The third-order valence-electron chi connectivity index (χ3n) is 9.12. The molecule has 8 aromatic rings. The monoisotopic (exact) mass is 603 g/mol. The minimum Gasteiger partial charge on any atom is -0.339 e. The average molecular weight is 604 g/mol. The van der Waals surface area contributed by atoms with Crippen LogP contribution in [-0.4, -0.2) is 34.9 Å². The predicted octanol–water partition coefficient (Wildman–Crippen LogP) is 9.45. The molecule has 7 nitrogen and oxygen atoms in total. The van der Waals surface area contributed by atoms with Gasteiger partial charge in [-0.3, -0.25) is 0 Å². The molecular formula is C40H25N7. The Morgan fingerprint density at radius 2 is 0.745 bits per heavy atom. The Kier molecular flexibility index (Phi) is 5.36. The van der Waals surface area contributed by atoms with Gasteiger partial charge in [-0.1, -0.05) is 127 Å². The summed E-state index contributed by atoms with van der Waals surface area (Å²) in [5.74, 6) is 2.37. The standard InChI is InChI=1S/C40H25N7/c1-22-18-20-23(21-19-22)32-33-24-10-2-4-12-26(24)35(41-33)43-37-28-14-6-8-16-30(28)39(45-37)47-40-31-17-9-7-15-29(31)38(46-40)44-36-27-13-5-3-11-25(27)34(32)42-36/h2-21H,1H3,(H2,41,42,43,44,45,46,47). The van der Waals surface area contributed by atoms with Crippen molar-refractivity contribution in [2.45, 2.75) is 6.92 Å². The summed E-state index contributed by atoms with van der Waals surface area (Å²) in [6, 6.07) is 41.7. The van der Waals surface area contributed by atoms with E-state index in [1.807, 2.05) is 48.5 Å². The van der Waals surface area contributed by atoms with Gasteiger partial charge in [0.2, 0.25) is 0 Å². The molecule has 0 radical (unpaired) electrons. The second-order valence-electron chi connectivity index (χ2n) is 12.0. The van der Waals surface area contributed by atoms with Gasteiger partial charge >= 0.3 is 0 Å². The third kappa shape index (κ3) is 3.90. The Hall–Kier alpha value is -6.47. The maximum Gasteiger partial charge on any atom is 0.164 e. The summed E-state index contributed by atoms with van der Waals surface area (Å²) in [7, 11) is 0. The third-order valence-corrected chi connectivity index (χ3v) is 9.12. The molecule has 0 unspecified atom stereocenters. The summed E-state index contributed by atoms with van der Waals surface area (Å²) in [4.78, 5) is 33.0. The van der Waals surface area contributed by atoms with Crippen LogP contribution in [0, 0.1) is 6.92 Å². The summed E-state index contributed by atoms with van der Waals surface area (Å²) in [6.07, 6.45) is 0. The second kappa shape index (κ2) is 9.76. The van der Waals surface area contributed by atoms with Crippen molar-refractivity contribution >= 4 is 43.9 Å². The topological polar surface area (TPSA) is 96.0 Å². The molecule has 2 N–H and O–H groups in total. The fourth-order valence-corrected chi connectivity index (χ4v) is 6.87. The molecule has 0 spiro atoms. The molecule has 5 heterocycles. The van der Waals surface area contributed by atoms with Gasteiger partial charge in [-0.25, -0.2) is 24.9 Å². The van der Waals surface area contributed by atoms with Crippen molar-refractivity contribution in [3.05, 3.63) is 127 Å². The quantitative estimate of drug-likeness (QED) is 0.195. The molecule has 0 saturated carbocycles. The van der Waals surface area contributed by atoms with E-state index in [0.29, 0.717) is 23.3 Å². The Morgan fingerprint density at radius 3 is 1.17 bits per heavy atom. The van der Waals surface area contributed by atoms with Crippen molar-refractivity contribution in [1.29, 1.82) is 0 Å². The van der Waals surface area contributed by atoms with Gasteiger partial charge in [0.1, 0.15) is 11.3 Å². The largest absolute Gasteiger partial charge is 0.339 e. The van der Waals surface area contributed by atoms with Crippen LogP contribution in [0.25, 0.3) is 101 Å². The van der Waals surface area contributed by atoms with E-state index in [9.17, 15) is 0 Å². The molecule has 2 aliphatic heterocycles. The van der Waals surface area contributed by atoms with Crippen molar-refractivity contribution in [2.24, 2.45) is 0 Å². The molecule has 2 aliphatic rings. The van der Waals surface area contributed by atoms with Crippen molar-refractivity contribution in [3.63, 3.8) is 0 Å². The van der Waals surface area contributed by atoms with Crippen LogP contribution < -0.4 is 0 Å². The number of fused-ring (bicyclic) bond motifs is 20. The number of aromatic amines is 2. The maximum absolute atomic E-state index is 5.20. The number of benzene rings is 5. The molecule has 8 bridgehead atoms. The van der Waals surface area contributed by atoms with Crippen LogP contribution in [0.3, 0.4) is 0 Å².